The Morgan fingerprint density at radius 2 is 2.06 bits per heavy atom. The van der Waals surface area contributed by atoms with Gasteiger partial charge in [0.15, 0.2) is 0 Å². The fourth-order valence-electron chi connectivity index (χ4n) is 1.27. The Bertz CT molecular complexity index is 330. The molecule has 0 bridgehead atoms. The van der Waals surface area contributed by atoms with E-state index in [1.165, 1.54) is 0 Å². The molecule has 0 saturated carbocycles. The normalized spacial score (nSPS) is 12.2. The Morgan fingerprint density at radius 1 is 1.38 bits per heavy atom. The molecule has 0 saturated heterocycles. The fourth-order valence-corrected chi connectivity index (χ4v) is 1.27. The predicted octanol–water partition coefficient (Wildman–Crippen LogP) is 1.40. The molecule has 1 unspecified atom stereocenters. The summed E-state index contributed by atoms with van der Waals surface area (Å²) in [5, 5.41) is 15.0. The molecule has 0 amide bonds. The Hall–Kier alpha value is -1.36. The average Bonchev–Trinajstić information content (AvgIpc) is 2.25. The lowest BCUT2D eigenvalue weighted by molar-refractivity contribution is 0.311. The summed E-state index contributed by atoms with van der Waals surface area (Å²) >= 11 is 0. The standard InChI is InChI=1S/C11H20N4O/c1-4-8(2)13-11-7-10(12-5-6-16)14-9(3)15-11/h7-8,16H,4-6H2,1-3H3,(H2,12,13,14,15). The second kappa shape index (κ2) is 6.27. The molecular weight excluding hydrogens is 204 g/mol. The summed E-state index contributed by atoms with van der Waals surface area (Å²) in [4.78, 5) is 8.54. The zero-order valence-electron chi connectivity index (χ0n) is 10.1. The first-order valence-electron chi connectivity index (χ1n) is 5.62. The largest absolute Gasteiger partial charge is 0.395 e. The van der Waals surface area contributed by atoms with Crippen LogP contribution in [0.3, 0.4) is 0 Å². The number of aliphatic hydroxyl groups is 1. The van der Waals surface area contributed by atoms with Crippen molar-refractivity contribution in [2.24, 2.45) is 0 Å². The highest BCUT2D eigenvalue weighted by molar-refractivity contribution is 5.47. The number of aliphatic hydroxyl groups excluding tert-OH is 1. The van der Waals surface area contributed by atoms with Gasteiger partial charge in [-0.3, -0.25) is 0 Å². The maximum Gasteiger partial charge on any atom is 0.132 e. The van der Waals surface area contributed by atoms with Crippen LogP contribution in [-0.2, 0) is 0 Å². The highest BCUT2D eigenvalue weighted by Gasteiger charge is 2.03. The monoisotopic (exact) mass is 224 g/mol. The van der Waals surface area contributed by atoms with Crippen LogP contribution < -0.4 is 10.6 Å². The first kappa shape index (κ1) is 12.7. The van der Waals surface area contributed by atoms with Gasteiger partial charge in [0.25, 0.3) is 0 Å². The van der Waals surface area contributed by atoms with Gasteiger partial charge in [0, 0.05) is 18.7 Å². The van der Waals surface area contributed by atoms with Gasteiger partial charge in [-0.25, -0.2) is 9.97 Å². The number of nitrogens with one attached hydrogen (secondary N) is 2. The minimum atomic E-state index is 0.0944. The third-order valence-electron chi connectivity index (χ3n) is 2.26. The van der Waals surface area contributed by atoms with E-state index in [0.29, 0.717) is 18.4 Å². The molecule has 1 heterocycles. The van der Waals surface area contributed by atoms with Crippen LogP contribution in [0.15, 0.2) is 6.07 Å². The summed E-state index contributed by atoms with van der Waals surface area (Å²) in [6.45, 7) is 6.68. The van der Waals surface area contributed by atoms with Gasteiger partial charge in [0.05, 0.1) is 6.61 Å². The molecule has 0 spiro atoms. The molecule has 1 aromatic heterocycles. The van der Waals surface area contributed by atoms with Crippen molar-refractivity contribution in [3.8, 4) is 0 Å². The lowest BCUT2D eigenvalue weighted by Crippen LogP contribution is -2.16. The van der Waals surface area contributed by atoms with Gasteiger partial charge in [-0.15, -0.1) is 0 Å². The molecule has 1 aromatic rings. The second-order valence-corrected chi connectivity index (χ2v) is 3.79. The first-order valence-corrected chi connectivity index (χ1v) is 5.62. The van der Waals surface area contributed by atoms with E-state index in [1.54, 1.807) is 0 Å². The molecule has 0 aliphatic rings. The maximum atomic E-state index is 8.73. The van der Waals surface area contributed by atoms with Gasteiger partial charge in [0.2, 0.25) is 0 Å². The highest BCUT2D eigenvalue weighted by atomic mass is 16.3. The Labute approximate surface area is 96.3 Å². The van der Waals surface area contributed by atoms with Gasteiger partial charge in [-0.2, -0.15) is 0 Å². The average molecular weight is 224 g/mol. The molecule has 0 aliphatic carbocycles. The van der Waals surface area contributed by atoms with Crippen molar-refractivity contribution >= 4 is 11.6 Å². The van der Waals surface area contributed by atoms with Gasteiger partial charge in [-0.1, -0.05) is 6.92 Å². The number of aryl methyl sites for hydroxylation is 1. The SMILES string of the molecule is CCC(C)Nc1cc(NCCO)nc(C)n1. The fraction of sp³-hybridized carbons (Fsp3) is 0.636. The van der Waals surface area contributed by atoms with Gasteiger partial charge >= 0.3 is 0 Å². The summed E-state index contributed by atoms with van der Waals surface area (Å²) < 4.78 is 0. The number of aromatic nitrogens is 2. The van der Waals surface area contributed by atoms with Crippen LogP contribution in [-0.4, -0.2) is 34.3 Å². The number of anilines is 2. The number of nitrogens with zero attached hydrogens (tertiary/aromatic N) is 2. The van der Waals surface area contributed by atoms with Crippen LogP contribution in [0.4, 0.5) is 11.6 Å². The van der Waals surface area contributed by atoms with Crippen LogP contribution in [0, 0.1) is 6.92 Å². The molecule has 0 radical (unpaired) electrons. The summed E-state index contributed by atoms with van der Waals surface area (Å²) in [5.41, 5.74) is 0. The van der Waals surface area contributed by atoms with Crippen LogP contribution in [0.1, 0.15) is 26.1 Å². The van der Waals surface area contributed by atoms with Crippen LogP contribution >= 0.6 is 0 Å². The first-order chi connectivity index (χ1) is 7.65. The topological polar surface area (TPSA) is 70.1 Å². The molecule has 1 rings (SSSR count). The van der Waals surface area contributed by atoms with E-state index in [9.17, 15) is 0 Å². The minimum Gasteiger partial charge on any atom is -0.395 e. The van der Waals surface area contributed by atoms with Crippen molar-refractivity contribution in [2.45, 2.75) is 33.2 Å². The summed E-state index contributed by atoms with van der Waals surface area (Å²) in [6, 6.07) is 2.24. The van der Waals surface area contributed by atoms with Crippen molar-refractivity contribution in [1.82, 2.24) is 9.97 Å². The molecule has 16 heavy (non-hydrogen) atoms. The lowest BCUT2D eigenvalue weighted by atomic mass is 10.2. The predicted molar refractivity (Wildman–Crippen MR) is 65.7 cm³/mol. The van der Waals surface area contributed by atoms with Crippen molar-refractivity contribution in [2.75, 3.05) is 23.8 Å². The van der Waals surface area contributed by atoms with E-state index in [0.717, 1.165) is 18.1 Å². The molecule has 0 aromatic carbocycles. The minimum absolute atomic E-state index is 0.0944. The van der Waals surface area contributed by atoms with E-state index in [2.05, 4.69) is 34.4 Å². The number of hydrogen-bond acceptors (Lipinski definition) is 5. The highest BCUT2D eigenvalue weighted by Crippen LogP contribution is 2.12. The molecule has 0 fully saturated rings. The number of hydrogen-bond donors (Lipinski definition) is 3. The Morgan fingerprint density at radius 3 is 2.69 bits per heavy atom. The third-order valence-corrected chi connectivity index (χ3v) is 2.26. The van der Waals surface area contributed by atoms with Gasteiger partial charge < -0.3 is 15.7 Å². The van der Waals surface area contributed by atoms with Gasteiger partial charge in [-0.05, 0) is 20.3 Å². The third kappa shape index (κ3) is 4.02. The smallest absolute Gasteiger partial charge is 0.132 e. The molecule has 3 N–H and O–H groups in total. The Balaban J connectivity index is 2.73. The zero-order chi connectivity index (χ0) is 12.0. The number of rotatable bonds is 6. The quantitative estimate of drug-likeness (QED) is 0.681. The summed E-state index contributed by atoms with van der Waals surface area (Å²) in [6.07, 6.45) is 1.04. The van der Waals surface area contributed by atoms with E-state index < -0.39 is 0 Å². The van der Waals surface area contributed by atoms with Crippen LogP contribution in [0.25, 0.3) is 0 Å². The summed E-state index contributed by atoms with van der Waals surface area (Å²) in [5.74, 6) is 2.28. The van der Waals surface area contributed by atoms with Crippen molar-refractivity contribution in [3.63, 3.8) is 0 Å². The van der Waals surface area contributed by atoms with E-state index >= 15 is 0 Å². The lowest BCUT2D eigenvalue weighted by Gasteiger charge is -2.13. The molecule has 5 heteroatoms. The maximum absolute atomic E-state index is 8.73. The van der Waals surface area contributed by atoms with Crippen molar-refractivity contribution in [1.29, 1.82) is 0 Å². The van der Waals surface area contributed by atoms with E-state index in [-0.39, 0.29) is 6.61 Å². The van der Waals surface area contributed by atoms with Crippen LogP contribution in [0.2, 0.25) is 0 Å². The van der Waals surface area contributed by atoms with E-state index in [1.807, 2.05) is 13.0 Å². The van der Waals surface area contributed by atoms with Crippen LogP contribution in [0.5, 0.6) is 0 Å². The molecular formula is C11H20N4O. The van der Waals surface area contributed by atoms with Crippen molar-refractivity contribution < 1.29 is 5.11 Å². The zero-order valence-corrected chi connectivity index (χ0v) is 10.1. The molecule has 1 atom stereocenters. The van der Waals surface area contributed by atoms with Crippen molar-refractivity contribution in [3.05, 3.63) is 11.9 Å². The second-order valence-electron chi connectivity index (χ2n) is 3.79. The van der Waals surface area contributed by atoms with Gasteiger partial charge in [0.1, 0.15) is 17.5 Å². The molecule has 5 nitrogen and oxygen atoms in total. The molecule has 0 aliphatic heterocycles. The van der Waals surface area contributed by atoms with E-state index in [4.69, 9.17) is 5.11 Å². The Kier molecular flexibility index (Phi) is 4.98. The summed E-state index contributed by atoms with van der Waals surface area (Å²) in [7, 11) is 0. The molecule has 90 valence electrons.